The fourth-order valence-electron chi connectivity index (χ4n) is 1.84. The maximum Gasteiger partial charge on any atom is 0.269 e. The summed E-state index contributed by atoms with van der Waals surface area (Å²) < 4.78 is 11.0. The third-order valence-electron chi connectivity index (χ3n) is 2.89. The lowest BCUT2D eigenvalue weighted by Gasteiger charge is -2.34. The molecule has 1 fully saturated rings. The molecule has 0 saturated heterocycles. The quantitative estimate of drug-likeness (QED) is 0.581. The number of nitrogens with zero attached hydrogens (tertiary/aromatic N) is 1. The fourth-order valence-corrected chi connectivity index (χ4v) is 1.84. The number of carbonyl (C=O) groups is 1. The molecule has 1 aromatic carbocycles. The number of nitro benzene ring substituents is 1. The van der Waals surface area contributed by atoms with Gasteiger partial charge in [-0.3, -0.25) is 14.9 Å². The van der Waals surface area contributed by atoms with Crippen LogP contribution in [0.4, 0.5) is 5.69 Å². The van der Waals surface area contributed by atoms with Crippen molar-refractivity contribution in [3.8, 4) is 5.75 Å². The van der Waals surface area contributed by atoms with E-state index >= 15 is 0 Å². The molecule has 2 rings (SSSR count). The van der Waals surface area contributed by atoms with Gasteiger partial charge in [0.15, 0.2) is 11.9 Å². The number of nitro groups is 1. The van der Waals surface area contributed by atoms with Crippen LogP contribution in [0.3, 0.4) is 0 Å². The van der Waals surface area contributed by atoms with E-state index in [0.29, 0.717) is 18.8 Å². The highest BCUT2D eigenvalue weighted by Gasteiger charge is 2.42. The van der Waals surface area contributed by atoms with E-state index in [-0.39, 0.29) is 17.6 Å². The molecule has 0 radical (unpaired) electrons. The van der Waals surface area contributed by atoms with Crippen LogP contribution < -0.4 is 4.74 Å². The Morgan fingerprint density at radius 1 is 1.37 bits per heavy atom. The molecular formula is C13H15NO5. The Balaban J connectivity index is 1.93. The second-order valence-corrected chi connectivity index (χ2v) is 4.37. The third-order valence-corrected chi connectivity index (χ3v) is 2.89. The molecular weight excluding hydrogens is 250 g/mol. The van der Waals surface area contributed by atoms with Gasteiger partial charge in [-0.25, -0.2) is 0 Å². The summed E-state index contributed by atoms with van der Waals surface area (Å²) >= 11 is 0. The minimum Gasteiger partial charge on any atom is -0.487 e. The highest BCUT2D eigenvalue weighted by molar-refractivity contribution is 5.90. The van der Waals surface area contributed by atoms with Gasteiger partial charge >= 0.3 is 0 Å². The highest BCUT2D eigenvalue weighted by atomic mass is 16.6. The molecule has 2 unspecified atom stereocenters. The largest absolute Gasteiger partial charge is 0.487 e. The normalized spacial score (nSPS) is 21.8. The van der Waals surface area contributed by atoms with Crippen LogP contribution in [0.1, 0.15) is 19.8 Å². The van der Waals surface area contributed by atoms with Crippen LogP contribution >= 0.6 is 0 Å². The Bertz CT molecular complexity index is 470. The van der Waals surface area contributed by atoms with Crippen molar-refractivity contribution in [2.45, 2.75) is 32.0 Å². The van der Waals surface area contributed by atoms with Gasteiger partial charge in [-0.05, 0) is 18.6 Å². The molecule has 1 aliphatic rings. The zero-order valence-electron chi connectivity index (χ0n) is 10.6. The summed E-state index contributed by atoms with van der Waals surface area (Å²) in [7, 11) is 0. The summed E-state index contributed by atoms with van der Waals surface area (Å²) in [6.07, 6.45) is 0.370. The molecule has 6 heteroatoms. The van der Waals surface area contributed by atoms with E-state index in [0.717, 1.165) is 6.42 Å². The molecule has 1 aromatic rings. The summed E-state index contributed by atoms with van der Waals surface area (Å²) in [6.45, 7) is 2.49. The number of hydrogen-bond donors (Lipinski definition) is 0. The number of ether oxygens (including phenoxy) is 2. The average molecular weight is 265 g/mol. The first-order chi connectivity index (χ1) is 9.11. The lowest BCUT2D eigenvalue weighted by atomic mass is 9.90. The molecule has 2 atom stereocenters. The minimum atomic E-state index is -0.504. The van der Waals surface area contributed by atoms with Gasteiger partial charge in [0, 0.05) is 25.2 Å². The number of hydrogen-bond acceptors (Lipinski definition) is 5. The first-order valence-corrected chi connectivity index (χ1v) is 6.17. The Hall–Kier alpha value is -1.95. The van der Waals surface area contributed by atoms with E-state index in [1.54, 1.807) is 0 Å². The van der Waals surface area contributed by atoms with Gasteiger partial charge in [0.05, 0.1) is 4.92 Å². The van der Waals surface area contributed by atoms with Crippen LogP contribution in [0.15, 0.2) is 24.3 Å². The number of benzene rings is 1. The Kier molecular flexibility index (Phi) is 4.11. The zero-order chi connectivity index (χ0) is 13.8. The van der Waals surface area contributed by atoms with Gasteiger partial charge < -0.3 is 9.47 Å². The van der Waals surface area contributed by atoms with Crippen LogP contribution in [0.2, 0.25) is 0 Å². The summed E-state index contributed by atoms with van der Waals surface area (Å²) in [5.41, 5.74) is 0.0100. The molecule has 102 valence electrons. The van der Waals surface area contributed by atoms with E-state index in [4.69, 9.17) is 9.47 Å². The number of rotatable bonds is 6. The van der Waals surface area contributed by atoms with Crippen LogP contribution in [0.25, 0.3) is 0 Å². The fraction of sp³-hybridized carbons (Fsp3) is 0.462. The lowest BCUT2D eigenvalue weighted by Crippen LogP contribution is -2.52. The maximum absolute atomic E-state index is 11.4. The Morgan fingerprint density at radius 2 is 2.05 bits per heavy atom. The number of ketones is 1. The Morgan fingerprint density at radius 3 is 2.58 bits per heavy atom. The Labute approximate surface area is 110 Å². The van der Waals surface area contributed by atoms with E-state index in [9.17, 15) is 14.9 Å². The predicted molar refractivity (Wildman–Crippen MR) is 67.2 cm³/mol. The van der Waals surface area contributed by atoms with Crippen molar-refractivity contribution in [1.29, 1.82) is 0 Å². The second-order valence-electron chi connectivity index (χ2n) is 4.37. The highest BCUT2D eigenvalue weighted by Crippen LogP contribution is 2.27. The number of carbonyl (C=O) groups excluding carboxylic acids is 1. The van der Waals surface area contributed by atoms with Gasteiger partial charge in [-0.2, -0.15) is 0 Å². The molecule has 0 spiro atoms. The van der Waals surface area contributed by atoms with Crippen LogP contribution in [-0.4, -0.2) is 29.5 Å². The van der Waals surface area contributed by atoms with E-state index in [1.807, 2.05) is 6.92 Å². The summed E-state index contributed by atoms with van der Waals surface area (Å²) in [5, 5.41) is 10.5. The van der Waals surface area contributed by atoms with E-state index < -0.39 is 11.0 Å². The number of Topliss-reactive ketones (excluding diaryl/α,β-unsaturated/α-hetero) is 1. The van der Waals surface area contributed by atoms with E-state index in [2.05, 4.69) is 0 Å². The molecule has 1 aliphatic carbocycles. The van der Waals surface area contributed by atoms with Gasteiger partial charge in [0.1, 0.15) is 11.9 Å². The van der Waals surface area contributed by atoms with Gasteiger partial charge in [-0.1, -0.05) is 6.92 Å². The first kappa shape index (κ1) is 13.5. The van der Waals surface area contributed by atoms with Crippen molar-refractivity contribution in [3.63, 3.8) is 0 Å². The number of non-ortho nitro benzene ring substituents is 1. The van der Waals surface area contributed by atoms with Crippen molar-refractivity contribution in [2.75, 3.05) is 6.61 Å². The average Bonchev–Trinajstić information content (AvgIpc) is 2.39. The van der Waals surface area contributed by atoms with Gasteiger partial charge in [0.2, 0.25) is 0 Å². The van der Waals surface area contributed by atoms with Crippen LogP contribution in [0, 0.1) is 10.1 Å². The lowest BCUT2D eigenvalue weighted by molar-refractivity contribution is -0.384. The second kappa shape index (κ2) is 5.79. The van der Waals surface area contributed by atoms with E-state index in [1.165, 1.54) is 24.3 Å². The predicted octanol–water partition coefficient (Wildman–Crippen LogP) is 2.11. The molecule has 19 heavy (non-hydrogen) atoms. The van der Waals surface area contributed by atoms with Crippen molar-refractivity contribution in [3.05, 3.63) is 34.4 Å². The first-order valence-electron chi connectivity index (χ1n) is 6.17. The molecule has 0 aliphatic heterocycles. The molecule has 0 amide bonds. The molecule has 1 saturated carbocycles. The van der Waals surface area contributed by atoms with Crippen molar-refractivity contribution in [1.82, 2.24) is 0 Å². The standard InChI is InChI=1S/C13H15NO5/c1-2-7-18-13-11(15)8-12(13)19-10-5-3-9(4-6-10)14(16)17/h3-6,12-13H,2,7-8H2,1H3. The zero-order valence-corrected chi connectivity index (χ0v) is 10.6. The van der Waals surface area contributed by atoms with Crippen LogP contribution in [-0.2, 0) is 9.53 Å². The molecule has 0 bridgehead atoms. The molecule has 0 heterocycles. The smallest absolute Gasteiger partial charge is 0.269 e. The summed E-state index contributed by atoms with van der Waals surface area (Å²) in [4.78, 5) is 21.4. The molecule has 0 aromatic heterocycles. The van der Waals surface area contributed by atoms with Crippen molar-refractivity contribution >= 4 is 11.5 Å². The molecule has 0 N–H and O–H groups in total. The minimum absolute atomic E-state index is 0.0100. The topological polar surface area (TPSA) is 78.7 Å². The summed E-state index contributed by atoms with van der Waals surface area (Å²) in [5.74, 6) is 0.550. The van der Waals surface area contributed by atoms with Gasteiger partial charge in [-0.15, -0.1) is 0 Å². The monoisotopic (exact) mass is 265 g/mol. The maximum atomic E-state index is 11.4. The van der Waals surface area contributed by atoms with Gasteiger partial charge in [0.25, 0.3) is 5.69 Å². The summed E-state index contributed by atoms with van der Waals surface area (Å²) in [6, 6.07) is 5.80. The molecule has 6 nitrogen and oxygen atoms in total. The van der Waals surface area contributed by atoms with Crippen molar-refractivity contribution in [2.24, 2.45) is 0 Å². The van der Waals surface area contributed by atoms with Crippen LogP contribution in [0.5, 0.6) is 5.75 Å². The SMILES string of the molecule is CCCOC1C(=O)CC1Oc1ccc([N+](=O)[O-])cc1. The third kappa shape index (κ3) is 3.08. The van der Waals surface area contributed by atoms with Crippen molar-refractivity contribution < 1.29 is 19.2 Å².